The van der Waals surface area contributed by atoms with E-state index < -0.39 is 0 Å². The summed E-state index contributed by atoms with van der Waals surface area (Å²) in [6.07, 6.45) is 11.4. The van der Waals surface area contributed by atoms with E-state index in [9.17, 15) is 0 Å². The maximum atomic E-state index is 4.78. The van der Waals surface area contributed by atoms with Gasteiger partial charge >= 0.3 is 0 Å². The van der Waals surface area contributed by atoms with Gasteiger partial charge in [0.1, 0.15) is 5.01 Å². The number of hydrogen-bond acceptors (Lipinski definition) is 4. The van der Waals surface area contributed by atoms with E-state index in [1.165, 1.54) is 60.3 Å². The molecular weight excluding hydrogens is 460 g/mol. The van der Waals surface area contributed by atoms with Crippen molar-refractivity contribution in [1.29, 1.82) is 0 Å². The molecule has 2 aromatic carbocycles. The maximum absolute atomic E-state index is 4.78. The number of fused-ring (bicyclic) bond motifs is 2. The Hall–Kier alpha value is -3.28. The predicted octanol–water partition coefficient (Wildman–Crippen LogP) is 7.36. The average Bonchev–Trinajstić information content (AvgIpc) is 3.29. The number of aromatic nitrogens is 2. The van der Waals surface area contributed by atoms with Gasteiger partial charge in [-0.15, -0.1) is 11.3 Å². The highest BCUT2D eigenvalue weighted by Crippen LogP contribution is 2.41. The summed E-state index contributed by atoms with van der Waals surface area (Å²) in [7, 11) is 6.83. The molecule has 0 bridgehead atoms. The Morgan fingerprint density at radius 3 is 2.44 bits per heavy atom. The predicted molar refractivity (Wildman–Crippen MR) is 155 cm³/mol. The van der Waals surface area contributed by atoms with E-state index in [-0.39, 0.29) is 0 Å². The van der Waals surface area contributed by atoms with Crippen LogP contribution in [-0.2, 0) is 0 Å². The molecular formula is C31H35N4S+. The summed E-state index contributed by atoms with van der Waals surface area (Å²) in [5.41, 5.74) is 7.05. The second-order valence-corrected chi connectivity index (χ2v) is 11.5. The van der Waals surface area contributed by atoms with Gasteiger partial charge in [-0.2, -0.15) is 0 Å². The first-order valence-electron chi connectivity index (χ1n) is 12.9. The van der Waals surface area contributed by atoms with Crippen LogP contribution < -0.4 is 4.90 Å². The van der Waals surface area contributed by atoms with Crippen molar-refractivity contribution in [1.82, 2.24) is 9.97 Å². The zero-order chi connectivity index (χ0) is 25.0. The molecule has 0 aliphatic carbocycles. The lowest BCUT2D eigenvalue weighted by Crippen LogP contribution is -2.35. The number of thiazole rings is 1. The second kappa shape index (κ2) is 10.8. The number of pyridine rings is 1. The van der Waals surface area contributed by atoms with Gasteiger partial charge in [0.15, 0.2) is 5.65 Å². The molecule has 4 nitrogen and oxygen atoms in total. The minimum Gasteiger partial charge on any atom is -0.340 e. The third kappa shape index (κ3) is 5.75. The van der Waals surface area contributed by atoms with Gasteiger partial charge < -0.3 is 9.38 Å². The van der Waals surface area contributed by atoms with Crippen LogP contribution in [0.25, 0.3) is 27.7 Å². The number of benzene rings is 2. The van der Waals surface area contributed by atoms with E-state index in [1.807, 2.05) is 12.3 Å². The van der Waals surface area contributed by atoms with E-state index in [4.69, 9.17) is 4.98 Å². The minimum absolute atomic E-state index is 0.817. The lowest BCUT2D eigenvalue weighted by molar-refractivity contribution is -0.870. The molecule has 0 saturated heterocycles. The molecule has 36 heavy (non-hydrogen) atoms. The SMILES string of the molecule is C[N+](C)(C)CCCCCCN1C(c2ccccc2)=CC(=Cc2nc3ncccc3s2)c2ccccc21. The number of quaternary nitrogens is 1. The molecule has 3 heterocycles. The fourth-order valence-electron chi connectivity index (χ4n) is 4.78. The van der Waals surface area contributed by atoms with E-state index in [0.717, 1.165) is 26.4 Å². The summed E-state index contributed by atoms with van der Waals surface area (Å²) in [5.74, 6) is 0. The van der Waals surface area contributed by atoms with Crippen LogP contribution in [0.15, 0.2) is 79.0 Å². The normalized spacial score (nSPS) is 14.8. The van der Waals surface area contributed by atoms with Crippen LogP contribution in [0.5, 0.6) is 0 Å². The molecule has 4 aromatic rings. The zero-order valence-corrected chi connectivity index (χ0v) is 22.3. The molecule has 0 radical (unpaired) electrons. The second-order valence-electron chi connectivity index (χ2n) is 10.5. The molecule has 0 N–H and O–H groups in total. The lowest BCUT2D eigenvalue weighted by atomic mass is 9.94. The molecule has 0 atom stereocenters. The number of hydrogen-bond donors (Lipinski definition) is 0. The monoisotopic (exact) mass is 495 g/mol. The van der Waals surface area contributed by atoms with E-state index in [1.54, 1.807) is 11.3 Å². The first kappa shape index (κ1) is 24.4. The van der Waals surface area contributed by atoms with Gasteiger partial charge in [0.25, 0.3) is 0 Å². The zero-order valence-electron chi connectivity index (χ0n) is 21.5. The fraction of sp³-hybridized carbons (Fsp3) is 0.290. The molecule has 0 saturated carbocycles. The minimum atomic E-state index is 0.817. The van der Waals surface area contributed by atoms with Crippen molar-refractivity contribution in [3.8, 4) is 0 Å². The summed E-state index contributed by atoms with van der Waals surface area (Å²) in [5, 5.41) is 0.989. The smallest absolute Gasteiger partial charge is 0.170 e. The fourth-order valence-corrected chi connectivity index (χ4v) is 5.66. The van der Waals surface area contributed by atoms with Crippen molar-refractivity contribution in [2.75, 3.05) is 39.1 Å². The maximum Gasteiger partial charge on any atom is 0.170 e. The average molecular weight is 496 g/mol. The number of allylic oxidation sites excluding steroid dienone is 2. The highest BCUT2D eigenvalue weighted by atomic mass is 32.1. The molecule has 0 spiro atoms. The van der Waals surface area contributed by atoms with Crippen LogP contribution in [0.3, 0.4) is 0 Å². The standard InChI is InChI=1S/C31H35N4S/c1-35(2,3)21-12-5-4-11-20-34-27-17-10-9-16-26(27)25(22-28(34)24-14-7-6-8-15-24)23-30-33-31-29(36-30)18-13-19-32-31/h6-10,13-19,22-23H,4-5,11-12,20-21H2,1-3H3/q+1. The first-order chi connectivity index (χ1) is 17.5. The van der Waals surface area contributed by atoms with Gasteiger partial charge in [-0.3, -0.25) is 0 Å². The van der Waals surface area contributed by atoms with Crippen molar-refractivity contribution in [3.63, 3.8) is 0 Å². The van der Waals surface area contributed by atoms with Crippen molar-refractivity contribution in [2.24, 2.45) is 0 Å². The summed E-state index contributed by atoms with van der Waals surface area (Å²) in [6.45, 7) is 2.25. The molecule has 2 aromatic heterocycles. The Morgan fingerprint density at radius 2 is 1.64 bits per heavy atom. The van der Waals surface area contributed by atoms with Gasteiger partial charge in [-0.25, -0.2) is 9.97 Å². The molecule has 0 fully saturated rings. The Labute approximate surface area is 218 Å². The van der Waals surface area contributed by atoms with Crippen LogP contribution in [-0.4, -0.2) is 48.7 Å². The van der Waals surface area contributed by atoms with Gasteiger partial charge in [0.2, 0.25) is 0 Å². The quantitative estimate of drug-likeness (QED) is 0.179. The molecule has 1 aliphatic heterocycles. The lowest BCUT2D eigenvalue weighted by Gasteiger charge is -2.34. The number of nitrogens with zero attached hydrogens (tertiary/aromatic N) is 4. The third-order valence-electron chi connectivity index (χ3n) is 6.58. The largest absolute Gasteiger partial charge is 0.340 e. The summed E-state index contributed by atoms with van der Waals surface area (Å²) in [4.78, 5) is 11.7. The molecule has 5 rings (SSSR count). The van der Waals surface area contributed by atoms with Gasteiger partial charge in [0, 0.05) is 29.7 Å². The number of anilines is 1. The van der Waals surface area contributed by atoms with Crippen molar-refractivity contribution in [3.05, 3.63) is 95.1 Å². The van der Waals surface area contributed by atoms with Gasteiger partial charge in [0.05, 0.1) is 32.4 Å². The summed E-state index contributed by atoms with van der Waals surface area (Å²) < 4.78 is 2.16. The van der Waals surface area contributed by atoms with Gasteiger partial charge in [-0.1, -0.05) is 55.0 Å². The number of unbranched alkanes of at least 4 members (excludes halogenated alkanes) is 3. The van der Waals surface area contributed by atoms with Crippen molar-refractivity contribution < 1.29 is 4.48 Å². The van der Waals surface area contributed by atoms with Crippen LogP contribution in [0.1, 0.15) is 41.8 Å². The molecule has 0 unspecified atom stereocenters. The van der Waals surface area contributed by atoms with Crippen LogP contribution in [0, 0.1) is 0 Å². The molecule has 184 valence electrons. The Kier molecular flexibility index (Phi) is 7.30. The van der Waals surface area contributed by atoms with Crippen LogP contribution in [0.4, 0.5) is 5.69 Å². The highest BCUT2D eigenvalue weighted by molar-refractivity contribution is 7.19. The summed E-state index contributed by atoms with van der Waals surface area (Å²) in [6, 6.07) is 23.6. The van der Waals surface area contributed by atoms with E-state index >= 15 is 0 Å². The Bertz CT molecular complexity index is 1350. The first-order valence-corrected chi connectivity index (χ1v) is 13.7. The Morgan fingerprint density at radius 1 is 0.861 bits per heavy atom. The molecule has 1 aliphatic rings. The molecule has 5 heteroatoms. The van der Waals surface area contributed by atoms with Crippen LogP contribution >= 0.6 is 11.3 Å². The van der Waals surface area contributed by atoms with E-state index in [0.29, 0.717) is 0 Å². The number of para-hydroxylation sites is 1. The third-order valence-corrected chi connectivity index (χ3v) is 7.54. The topological polar surface area (TPSA) is 29.0 Å². The number of rotatable bonds is 9. The molecule has 0 amide bonds. The van der Waals surface area contributed by atoms with Gasteiger partial charge in [-0.05, 0) is 60.8 Å². The van der Waals surface area contributed by atoms with Crippen LogP contribution in [0.2, 0.25) is 0 Å². The Balaban J connectivity index is 1.45. The highest BCUT2D eigenvalue weighted by Gasteiger charge is 2.23. The summed E-state index contributed by atoms with van der Waals surface area (Å²) >= 11 is 1.69. The van der Waals surface area contributed by atoms with Crippen molar-refractivity contribution >= 4 is 44.7 Å². The van der Waals surface area contributed by atoms with E-state index in [2.05, 4.69) is 104 Å². The van der Waals surface area contributed by atoms with Crippen molar-refractivity contribution in [2.45, 2.75) is 25.7 Å².